The van der Waals surface area contributed by atoms with Crippen molar-refractivity contribution < 1.29 is 4.74 Å². The highest BCUT2D eigenvalue weighted by atomic mass is 32.1. The minimum absolute atomic E-state index is 0.576. The van der Waals surface area contributed by atoms with E-state index in [4.69, 9.17) is 4.74 Å². The summed E-state index contributed by atoms with van der Waals surface area (Å²) >= 11 is 1.71. The molecule has 0 bridgehead atoms. The maximum absolute atomic E-state index is 5.40. The predicted molar refractivity (Wildman–Crippen MR) is 97.0 cm³/mol. The molecule has 1 aliphatic heterocycles. The van der Waals surface area contributed by atoms with Gasteiger partial charge in [0.1, 0.15) is 6.33 Å². The van der Waals surface area contributed by atoms with Crippen molar-refractivity contribution in [2.24, 2.45) is 5.10 Å². The van der Waals surface area contributed by atoms with Crippen LogP contribution in [0.3, 0.4) is 0 Å². The Morgan fingerprint density at radius 2 is 2.08 bits per heavy atom. The van der Waals surface area contributed by atoms with Crippen molar-refractivity contribution in [2.75, 3.05) is 31.2 Å². The van der Waals surface area contributed by atoms with Gasteiger partial charge < -0.3 is 9.64 Å². The monoisotopic (exact) mass is 357 g/mol. The number of aryl methyl sites for hydroxylation is 2. The van der Waals surface area contributed by atoms with Gasteiger partial charge in [0.2, 0.25) is 0 Å². The summed E-state index contributed by atoms with van der Waals surface area (Å²) in [5.41, 5.74) is 1.93. The normalized spacial score (nSPS) is 15.4. The SMILES string of the molecule is Cc1cc(C)n(-c2nncn2/N=C\c2ccc(N3CCOCC3)s2)n1. The largest absolute Gasteiger partial charge is 0.378 e. The van der Waals surface area contributed by atoms with Crippen LogP contribution in [0.1, 0.15) is 16.3 Å². The Balaban J connectivity index is 1.54. The maximum Gasteiger partial charge on any atom is 0.273 e. The first-order chi connectivity index (χ1) is 12.2. The number of ether oxygens (including phenoxy) is 1. The number of rotatable bonds is 4. The zero-order valence-electron chi connectivity index (χ0n) is 14.2. The van der Waals surface area contributed by atoms with Crippen molar-refractivity contribution in [1.82, 2.24) is 24.7 Å². The lowest BCUT2D eigenvalue weighted by atomic mass is 10.4. The number of hydrogen-bond acceptors (Lipinski definition) is 7. The lowest BCUT2D eigenvalue weighted by molar-refractivity contribution is 0.123. The second-order valence-electron chi connectivity index (χ2n) is 5.83. The average molecular weight is 357 g/mol. The van der Waals surface area contributed by atoms with Crippen molar-refractivity contribution in [3.8, 4) is 5.95 Å². The van der Waals surface area contributed by atoms with Gasteiger partial charge in [-0.15, -0.1) is 21.5 Å². The Kier molecular flexibility index (Phi) is 4.33. The smallest absolute Gasteiger partial charge is 0.273 e. The van der Waals surface area contributed by atoms with Gasteiger partial charge in [-0.1, -0.05) is 0 Å². The van der Waals surface area contributed by atoms with E-state index >= 15 is 0 Å². The molecule has 1 aliphatic rings. The van der Waals surface area contributed by atoms with Crippen LogP contribution in [0.5, 0.6) is 0 Å². The first-order valence-electron chi connectivity index (χ1n) is 8.11. The van der Waals surface area contributed by atoms with E-state index in [0.29, 0.717) is 5.95 Å². The Labute approximate surface area is 149 Å². The van der Waals surface area contributed by atoms with E-state index in [1.54, 1.807) is 27.0 Å². The highest BCUT2D eigenvalue weighted by Crippen LogP contribution is 2.25. The van der Waals surface area contributed by atoms with Gasteiger partial charge in [0, 0.05) is 23.7 Å². The van der Waals surface area contributed by atoms with Crippen LogP contribution in [0.15, 0.2) is 29.6 Å². The fraction of sp³-hybridized carbons (Fsp3) is 0.375. The van der Waals surface area contributed by atoms with Crippen LogP contribution in [0.2, 0.25) is 0 Å². The Hall–Kier alpha value is -2.52. The molecule has 0 radical (unpaired) electrons. The molecule has 1 saturated heterocycles. The Bertz CT molecular complexity index is 888. The first kappa shape index (κ1) is 16.0. The minimum atomic E-state index is 0.576. The zero-order chi connectivity index (χ0) is 17.2. The molecular formula is C16H19N7OS. The molecule has 3 aromatic heterocycles. The summed E-state index contributed by atoms with van der Waals surface area (Å²) < 4.78 is 8.78. The molecule has 130 valence electrons. The van der Waals surface area contributed by atoms with Crippen LogP contribution in [0, 0.1) is 13.8 Å². The van der Waals surface area contributed by atoms with Crippen molar-refractivity contribution in [3.05, 3.63) is 40.8 Å². The van der Waals surface area contributed by atoms with E-state index in [1.807, 2.05) is 26.1 Å². The van der Waals surface area contributed by atoms with Gasteiger partial charge in [-0.3, -0.25) is 0 Å². The highest BCUT2D eigenvalue weighted by molar-refractivity contribution is 7.17. The summed E-state index contributed by atoms with van der Waals surface area (Å²) in [4.78, 5) is 3.42. The van der Waals surface area contributed by atoms with Crippen LogP contribution in [-0.2, 0) is 4.74 Å². The van der Waals surface area contributed by atoms with Crippen molar-refractivity contribution >= 4 is 22.6 Å². The molecule has 4 rings (SSSR count). The minimum Gasteiger partial charge on any atom is -0.378 e. The number of thiophene rings is 1. The summed E-state index contributed by atoms with van der Waals surface area (Å²) in [6.07, 6.45) is 3.41. The summed E-state index contributed by atoms with van der Waals surface area (Å²) in [5.74, 6) is 0.576. The van der Waals surface area contributed by atoms with Crippen LogP contribution < -0.4 is 4.90 Å². The number of hydrogen-bond donors (Lipinski definition) is 0. The van der Waals surface area contributed by atoms with Crippen molar-refractivity contribution in [1.29, 1.82) is 0 Å². The molecule has 0 unspecified atom stereocenters. The molecular weight excluding hydrogens is 338 g/mol. The van der Waals surface area contributed by atoms with Gasteiger partial charge in [0.25, 0.3) is 5.95 Å². The molecule has 0 aliphatic carbocycles. The third-order valence-corrected chi connectivity index (χ3v) is 5.04. The lowest BCUT2D eigenvalue weighted by Crippen LogP contribution is -2.35. The van der Waals surface area contributed by atoms with Gasteiger partial charge >= 0.3 is 0 Å². The molecule has 0 spiro atoms. The van der Waals surface area contributed by atoms with E-state index in [1.165, 1.54) is 5.00 Å². The fourth-order valence-electron chi connectivity index (χ4n) is 2.76. The summed E-state index contributed by atoms with van der Waals surface area (Å²) in [7, 11) is 0. The molecule has 9 heteroatoms. The predicted octanol–water partition coefficient (Wildman–Crippen LogP) is 1.86. The maximum atomic E-state index is 5.40. The summed E-state index contributed by atoms with van der Waals surface area (Å²) in [5, 5.41) is 18.3. The third-order valence-electron chi connectivity index (χ3n) is 3.96. The topological polar surface area (TPSA) is 73.4 Å². The first-order valence-corrected chi connectivity index (χ1v) is 8.93. The van der Waals surface area contributed by atoms with E-state index in [9.17, 15) is 0 Å². The van der Waals surface area contributed by atoms with Gasteiger partial charge in [0.05, 0.1) is 30.1 Å². The fourth-order valence-corrected chi connectivity index (χ4v) is 3.69. The van der Waals surface area contributed by atoms with Crippen LogP contribution in [0.25, 0.3) is 5.95 Å². The standard InChI is InChI=1S/C16H19N7OS/c1-12-9-13(2)23(20-12)16-19-17-11-22(16)18-10-14-3-4-15(25-14)21-5-7-24-8-6-21/h3-4,9-11H,5-8H2,1-2H3/b18-10-. The molecule has 0 aromatic carbocycles. The zero-order valence-corrected chi connectivity index (χ0v) is 15.0. The Morgan fingerprint density at radius 1 is 1.24 bits per heavy atom. The van der Waals surface area contributed by atoms with Gasteiger partial charge in [-0.05, 0) is 32.0 Å². The van der Waals surface area contributed by atoms with E-state index in [-0.39, 0.29) is 0 Å². The van der Waals surface area contributed by atoms with Crippen molar-refractivity contribution in [3.63, 3.8) is 0 Å². The molecule has 3 aromatic rings. The molecule has 8 nitrogen and oxygen atoms in total. The van der Waals surface area contributed by atoms with Crippen LogP contribution in [0.4, 0.5) is 5.00 Å². The summed E-state index contributed by atoms with van der Waals surface area (Å²) in [6, 6.07) is 6.20. The third kappa shape index (κ3) is 3.33. The Morgan fingerprint density at radius 3 is 2.84 bits per heavy atom. The number of nitrogens with zero attached hydrogens (tertiary/aromatic N) is 7. The molecule has 4 heterocycles. The second-order valence-corrected chi connectivity index (χ2v) is 6.93. The molecule has 0 amide bonds. The molecule has 0 N–H and O–H groups in total. The number of anilines is 1. The molecule has 25 heavy (non-hydrogen) atoms. The van der Waals surface area contributed by atoms with E-state index < -0.39 is 0 Å². The second kappa shape index (κ2) is 6.77. The van der Waals surface area contributed by atoms with E-state index in [0.717, 1.165) is 42.6 Å². The molecule has 0 saturated carbocycles. The van der Waals surface area contributed by atoms with Crippen LogP contribution >= 0.6 is 11.3 Å². The van der Waals surface area contributed by atoms with Gasteiger partial charge in [0.15, 0.2) is 0 Å². The average Bonchev–Trinajstić information content (AvgIpc) is 3.33. The lowest BCUT2D eigenvalue weighted by Gasteiger charge is -2.27. The molecule has 0 atom stereocenters. The van der Waals surface area contributed by atoms with Gasteiger partial charge in [-0.25, -0.2) is 4.68 Å². The van der Waals surface area contributed by atoms with Crippen molar-refractivity contribution in [2.45, 2.75) is 13.8 Å². The number of morpholine rings is 1. The quantitative estimate of drug-likeness (QED) is 0.667. The van der Waals surface area contributed by atoms with Gasteiger partial charge in [-0.2, -0.15) is 14.9 Å². The van der Waals surface area contributed by atoms with Crippen LogP contribution in [-0.4, -0.2) is 57.2 Å². The number of aromatic nitrogens is 5. The highest BCUT2D eigenvalue weighted by Gasteiger charge is 2.13. The summed E-state index contributed by atoms with van der Waals surface area (Å²) in [6.45, 7) is 7.38. The van der Waals surface area contributed by atoms with E-state index in [2.05, 4.69) is 37.4 Å². The molecule has 1 fully saturated rings.